The lowest BCUT2D eigenvalue weighted by Gasteiger charge is -2.15. The van der Waals surface area contributed by atoms with Crippen molar-refractivity contribution < 1.29 is 9.53 Å². The third-order valence-corrected chi connectivity index (χ3v) is 2.85. The second kappa shape index (κ2) is 4.47. The number of carbonyl (C=O) groups excluding carboxylic acids is 1. The van der Waals surface area contributed by atoms with Gasteiger partial charge in [0.2, 0.25) is 0 Å². The Hall–Kier alpha value is -1.31. The first-order valence-corrected chi connectivity index (χ1v) is 5.56. The molecule has 1 unspecified atom stereocenters. The molecule has 2 heteroatoms. The van der Waals surface area contributed by atoms with Gasteiger partial charge < -0.3 is 4.74 Å². The summed E-state index contributed by atoms with van der Waals surface area (Å²) in [6.07, 6.45) is 3.20. The Morgan fingerprint density at radius 1 is 1.40 bits per heavy atom. The van der Waals surface area contributed by atoms with Crippen LogP contribution in [0.5, 0.6) is 5.75 Å². The fraction of sp³-hybridized carbons (Fsp3) is 0.462. The van der Waals surface area contributed by atoms with Crippen LogP contribution in [0.25, 0.3) is 0 Å². The van der Waals surface area contributed by atoms with Gasteiger partial charge in [0.05, 0.1) is 0 Å². The van der Waals surface area contributed by atoms with E-state index in [-0.39, 0.29) is 6.10 Å². The molecule has 15 heavy (non-hydrogen) atoms. The summed E-state index contributed by atoms with van der Waals surface area (Å²) in [5.74, 6) is 1.27. The van der Waals surface area contributed by atoms with Crippen LogP contribution in [0.2, 0.25) is 0 Å². The van der Waals surface area contributed by atoms with Crippen molar-refractivity contribution in [2.24, 2.45) is 0 Å². The maximum atomic E-state index is 11.1. The lowest BCUT2D eigenvalue weighted by Crippen LogP contribution is -2.13. The molecule has 0 aromatic heterocycles. The molecule has 0 saturated heterocycles. The normalized spacial score (nSPS) is 20.6. The first-order chi connectivity index (χ1) is 7.29. The van der Waals surface area contributed by atoms with Crippen LogP contribution in [0, 0.1) is 0 Å². The van der Waals surface area contributed by atoms with Crippen molar-refractivity contribution in [3.05, 3.63) is 29.8 Å². The topological polar surface area (TPSA) is 26.3 Å². The van der Waals surface area contributed by atoms with Gasteiger partial charge in [-0.1, -0.05) is 25.1 Å². The molecule has 1 saturated carbocycles. The van der Waals surface area contributed by atoms with Crippen LogP contribution in [0.4, 0.5) is 0 Å². The molecule has 0 bridgehead atoms. The highest BCUT2D eigenvalue weighted by Crippen LogP contribution is 2.25. The predicted octanol–water partition coefficient (Wildman–Crippen LogP) is 2.75. The van der Waals surface area contributed by atoms with Gasteiger partial charge in [-0.2, -0.15) is 0 Å². The second-order valence-electron chi connectivity index (χ2n) is 3.98. The van der Waals surface area contributed by atoms with Gasteiger partial charge >= 0.3 is 0 Å². The highest BCUT2D eigenvalue weighted by Gasteiger charge is 2.23. The van der Waals surface area contributed by atoms with Crippen molar-refractivity contribution in [2.75, 3.05) is 0 Å². The number of Topliss-reactive ketones (excluding diaryl/α,β-unsaturated/α-hetero) is 1. The first-order valence-electron chi connectivity index (χ1n) is 5.56. The van der Waals surface area contributed by atoms with E-state index in [1.54, 1.807) is 0 Å². The summed E-state index contributed by atoms with van der Waals surface area (Å²) in [5, 5.41) is 0. The summed E-state index contributed by atoms with van der Waals surface area (Å²) < 4.78 is 5.85. The van der Waals surface area contributed by atoms with Crippen molar-refractivity contribution in [2.45, 2.75) is 38.7 Å². The number of ether oxygens (including phenoxy) is 1. The number of para-hydroxylation sites is 1. The number of aryl methyl sites for hydroxylation is 1. The average Bonchev–Trinajstić information content (AvgIpc) is 2.65. The van der Waals surface area contributed by atoms with Gasteiger partial charge in [-0.15, -0.1) is 0 Å². The summed E-state index contributed by atoms with van der Waals surface area (Å²) in [4.78, 5) is 11.1. The molecule has 2 rings (SSSR count). The van der Waals surface area contributed by atoms with Crippen LogP contribution in [-0.4, -0.2) is 11.9 Å². The second-order valence-corrected chi connectivity index (χ2v) is 3.98. The lowest BCUT2D eigenvalue weighted by molar-refractivity contribution is -0.117. The molecule has 2 nitrogen and oxygen atoms in total. The molecule has 0 spiro atoms. The standard InChI is InChI=1S/C13H16O2/c1-2-10-5-3-4-6-13(10)15-12-8-7-11(14)9-12/h3-6,12H,2,7-9H2,1H3. The van der Waals surface area contributed by atoms with Crippen LogP contribution in [-0.2, 0) is 11.2 Å². The number of ketones is 1. The van der Waals surface area contributed by atoms with Crippen LogP contribution in [0.1, 0.15) is 31.7 Å². The molecule has 0 radical (unpaired) electrons. The Kier molecular flexibility index (Phi) is 3.05. The van der Waals surface area contributed by atoms with E-state index in [1.165, 1.54) is 5.56 Å². The van der Waals surface area contributed by atoms with Gasteiger partial charge in [-0.05, 0) is 24.5 Å². The molecule has 0 aliphatic heterocycles. The third kappa shape index (κ3) is 2.38. The Morgan fingerprint density at radius 2 is 2.20 bits per heavy atom. The molecule has 1 aromatic rings. The first kappa shape index (κ1) is 10.2. The number of carbonyl (C=O) groups is 1. The molecule has 0 N–H and O–H groups in total. The van der Waals surface area contributed by atoms with Gasteiger partial charge in [0.25, 0.3) is 0 Å². The minimum atomic E-state index is 0.102. The van der Waals surface area contributed by atoms with Gasteiger partial charge in [-0.25, -0.2) is 0 Å². The third-order valence-electron chi connectivity index (χ3n) is 2.85. The zero-order valence-electron chi connectivity index (χ0n) is 9.03. The van der Waals surface area contributed by atoms with Crippen molar-refractivity contribution in [3.8, 4) is 5.75 Å². The smallest absolute Gasteiger partial charge is 0.136 e. The summed E-state index contributed by atoms with van der Waals surface area (Å²) in [7, 11) is 0. The van der Waals surface area contributed by atoms with Crippen LogP contribution >= 0.6 is 0 Å². The maximum Gasteiger partial charge on any atom is 0.136 e. The quantitative estimate of drug-likeness (QED) is 0.756. The maximum absolute atomic E-state index is 11.1. The molecule has 80 valence electrons. The monoisotopic (exact) mass is 204 g/mol. The van der Waals surface area contributed by atoms with E-state index in [0.29, 0.717) is 18.6 Å². The minimum absolute atomic E-state index is 0.102. The largest absolute Gasteiger partial charge is 0.490 e. The van der Waals surface area contributed by atoms with E-state index in [2.05, 4.69) is 13.0 Å². The Bertz CT molecular complexity index is 357. The Labute approximate surface area is 90.3 Å². The van der Waals surface area contributed by atoms with Crippen molar-refractivity contribution >= 4 is 5.78 Å². The Balaban J connectivity index is 2.07. The highest BCUT2D eigenvalue weighted by molar-refractivity contribution is 5.81. The summed E-state index contributed by atoms with van der Waals surface area (Å²) in [6, 6.07) is 8.06. The fourth-order valence-corrected chi connectivity index (χ4v) is 1.97. The van der Waals surface area contributed by atoms with E-state index in [9.17, 15) is 4.79 Å². The molecule has 1 fully saturated rings. The van der Waals surface area contributed by atoms with Crippen LogP contribution in [0.15, 0.2) is 24.3 Å². The summed E-state index contributed by atoms with van der Waals surface area (Å²) >= 11 is 0. The van der Waals surface area contributed by atoms with Crippen LogP contribution < -0.4 is 4.74 Å². The zero-order valence-corrected chi connectivity index (χ0v) is 9.03. The van der Waals surface area contributed by atoms with Gasteiger partial charge in [0, 0.05) is 12.8 Å². The van der Waals surface area contributed by atoms with E-state index in [1.807, 2.05) is 18.2 Å². The highest BCUT2D eigenvalue weighted by atomic mass is 16.5. The molecule has 1 atom stereocenters. The summed E-state index contributed by atoms with van der Waals surface area (Å²) in [5.41, 5.74) is 1.22. The van der Waals surface area contributed by atoms with E-state index >= 15 is 0 Å². The summed E-state index contributed by atoms with van der Waals surface area (Å²) in [6.45, 7) is 2.11. The zero-order chi connectivity index (χ0) is 10.7. The molecule has 1 aromatic carbocycles. The van der Waals surface area contributed by atoms with Crippen molar-refractivity contribution in [1.29, 1.82) is 0 Å². The molecule has 0 amide bonds. The minimum Gasteiger partial charge on any atom is -0.490 e. The number of hydrogen-bond donors (Lipinski definition) is 0. The SMILES string of the molecule is CCc1ccccc1OC1CCC(=O)C1. The van der Waals surface area contributed by atoms with Gasteiger partial charge in [0.1, 0.15) is 17.6 Å². The number of hydrogen-bond acceptors (Lipinski definition) is 2. The number of rotatable bonds is 3. The lowest BCUT2D eigenvalue weighted by atomic mass is 10.1. The number of benzene rings is 1. The van der Waals surface area contributed by atoms with E-state index in [4.69, 9.17) is 4.74 Å². The molecular formula is C13H16O2. The predicted molar refractivity (Wildman–Crippen MR) is 59.1 cm³/mol. The molecule has 0 heterocycles. The molecule has 1 aliphatic rings. The van der Waals surface area contributed by atoms with Crippen molar-refractivity contribution in [3.63, 3.8) is 0 Å². The molecular weight excluding hydrogens is 188 g/mol. The average molecular weight is 204 g/mol. The van der Waals surface area contributed by atoms with Gasteiger partial charge in [0.15, 0.2) is 0 Å². The van der Waals surface area contributed by atoms with E-state index in [0.717, 1.165) is 18.6 Å². The Morgan fingerprint density at radius 3 is 2.87 bits per heavy atom. The van der Waals surface area contributed by atoms with Crippen molar-refractivity contribution in [1.82, 2.24) is 0 Å². The molecule has 1 aliphatic carbocycles. The van der Waals surface area contributed by atoms with Crippen LogP contribution in [0.3, 0.4) is 0 Å². The van der Waals surface area contributed by atoms with E-state index < -0.39 is 0 Å². The van der Waals surface area contributed by atoms with Gasteiger partial charge in [-0.3, -0.25) is 4.79 Å². The fourth-order valence-electron chi connectivity index (χ4n) is 1.97.